The van der Waals surface area contributed by atoms with Crippen LogP contribution in [0.25, 0.3) is 22.4 Å². The van der Waals surface area contributed by atoms with Crippen LogP contribution in [-0.4, -0.2) is 22.7 Å². The van der Waals surface area contributed by atoms with E-state index in [1.54, 1.807) is 0 Å². The number of aromatic nitrogens is 2. The van der Waals surface area contributed by atoms with Crippen LogP contribution in [0.5, 0.6) is 5.75 Å². The van der Waals surface area contributed by atoms with Gasteiger partial charge in [-0.05, 0) is 43.4 Å². The van der Waals surface area contributed by atoms with Gasteiger partial charge in [-0.3, -0.25) is 0 Å². The second-order valence-corrected chi connectivity index (χ2v) is 7.15. The van der Waals surface area contributed by atoms with Crippen LogP contribution in [0.15, 0.2) is 36.4 Å². The van der Waals surface area contributed by atoms with Crippen LogP contribution in [0, 0.1) is 17.2 Å². The van der Waals surface area contributed by atoms with E-state index in [-0.39, 0.29) is 0 Å². The zero-order chi connectivity index (χ0) is 17.5. The lowest BCUT2D eigenvalue weighted by Gasteiger charge is -2.10. The van der Waals surface area contributed by atoms with Gasteiger partial charge in [0.05, 0.1) is 23.8 Å². The molecule has 5 heteroatoms. The molecule has 0 radical (unpaired) electrons. The zero-order valence-electron chi connectivity index (χ0n) is 14.5. The molecule has 1 aliphatic carbocycles. The Kier molecular flexibility index (Phi) is 3.56. The Bertz CT molecular complexity index is 1030. The van der Waals surface area contributed by atoms with Crippen molar-refractivity contribution in [1.29, 1.82) is 5.26 Å². The molecule has 0 atom stereocenters. The Hall–Kier alpha value is -3.00. The van der Waals surface area contributed by atoms with Crippen LogP contribution in [0.3, 0.4) is 0 Å². The Morgan fingerprint density at radius 1 is 1.27 bits per heavy atom. The van der Waals surface area contributed by atoms with Crippen molar-refractivity contribution in [3.63, 3.8) is 0 Å². The van der Waals surface area contributed by atoms with Crippen molar-refractivity contribution < 1.29 is 4.74 Å². The van der Waals surface area contributed by atoms with Crippen molar-refractivity contribution in [3.8, 4) is 23.2 Å². The average molecular weight is 344 g/mol. The molecule has 0 unspecified atom stereocenters. The third kappa shape index (κ3) is 2.68. The molecule has 1 aliphatic heterocycles. The molecule has 1 saturated carbocycles. The smallest absolute Gasteiger partial charge is 0.147 e. The first-order chi connectivity index (χ1) is 12.8. The van der Waals surface area contributed by atoms with Crippen molar-refractivity contribution in [3.05, 3.63) is 42.0 Å². The second kappa shape index (κ2) is 6.06. The molecule has 5 nitrogen and oxygen atoms in total. The summed E-state index contributed by atoms with van der Waals surface area (Å²) in [6, 6.07) is 14.1. The van der Waals surface area contributed by atoms with Gasteiger partial charge < -0.3 is 14.6 Å². The minimum Gasteiger partial charge on any atom is -0.491 e. The molecule has 0 amide bonds. The SMILES string of the molecule is N#Cc1cccc(-c2nc3cc(NCC4CC4)cc4c3n2CCCO4)c1. The third-order valence-corrected chi connectivity index (χ3v) is 5.13. The first kappa shape index (κ1) is 15.3. The van der Waals surface area contributed by atoms with Gasteiger partial charge >= 0.3 is 0 Å². The molecule has 0 bridgehead atoms. The van der Waals surface area contributed by atoms with Crippen molar-refractivity contribution >= 4 is 16.7 Å². The van der Waals surface area contributed by atoms with Crippen molar-refractivity contribution in [1.82, 2.24) is 9.55 Å². The van der Waals surface area contributed by atoms with Gasteiger partial charge in [0, 0.05) is 30.4 Å². The summed E-state index contributed by atoms with van der Waals surface area (Å²) in [7, 11) is 0. The summed E-state index contributed by atoms with van der Waals surface area (Å²) in [6.45, 7) is 2.59. The maximum absolute atomic E-state index is 9.22. The second-order valence-electron chi connectivity index (χ2n) is 7.15. The van der Waals surface area contributed by atoms with Crippen LogP contribution in [0.2, 0.25) is 0 Å². The molecule has 5 rings (SSSR count). The van der Waals surface area contributed by atoms with E-state index >= 15 is 0 Å². The lowest BCUT2D eigenvalue weighted by Crippen LogP contribution is -2.03. The monoisotopic (exact) mass is 344 g/mol. The summed E-state index contributed by atoms with van der Waals surface area (Å²) in [5, 5.41) is 12.7. The molecule has 26 heavy (non-hydrogen) atoms. The molecule has 2 aliphatic rings. The standard InChI is InChI=1S/C21H20N4O/c22-12-15-3-1-4-16(9-15)21-24-18-10-17(23-13-14-5-6-14)11-19-20(18)25(21)7-2-8-26-19/h1,3-4,9-11,14,23H,2,5-8,13H2. The highest BCUT2D eigenvalue weighted by Crippen LogP contribution is 2.36. The van der Waals surface area contributed by atoms with Gasteiger partial charge in [0.15, 0.2) is 0 Å². The number of nitrogens with one attached hydrogen (secondary N) is 1. The zero-order valence-corrected chi connectivity index (χ0v) is 14.5. The van der Waals surface area contributed by atoms with Crippen LogP contribution in [0.4, 0.5) is 5.69 Å². The number of aryl methyl sites for hydroxylation is 1. The maximum atomic E-state index is 9.22. The van der Waals surface area contributed by atoms with E-state index in [2.05, 4.69) is 28.1 Å². The Labute approximate surface area is 152 Å². The molecular weight excluding hydrogens is 324 g/mol. The molecular formula is C21H20N4O. The summed E-state index contributed by atoms with van der Waals surface area (Å²) in [6.07, 6.45) is 3.59. The highest BCUT2D eigenvalue weighted by Gasteiger charge is 2.23. The minimum atomic E-state index is 0.652. The first-order valence-corrected chi connectivity index (χ1v) is 9.23. The number of anilines is 1. The molecule has 2 heterocycles. The minimum absolute atomic E-state index is 0.652. The number of hydrogen-bond acceptors (Lipinski definition) is 4. The van der Waals surface area contributed by atoms with Gasteiger partial charge in [-0.25, -0.2) is 4.98 Å². The van der Waals surface area contributed by atoms with E-state index in [4.69, 9.17) is 9.72 Å². The number of imidazole rings is 1. The van der Waals surface area contributed by atoms with E-state index in [1.165, 1.54) is 12.8 Å². The summed E-state index contributed by atoms with van der Waals surface area (Å²) >= 11 is 0. The van der Waals surface area contributed by atoms with Gasteiger partial charge in [0.25, 0.3) is 0 Å². The van der Waals surface area contributed by atoms with Gasteiger partial charge in [0.1, 0.15) is 17.1 Å². The normalized spacial score (nSPS) is 16.0. The molecule has 0 spiro atoms. The Balaban J connectivity index is 1.64. The number of ether oxygens (including phenoxy) is 1. The van der Waals surface area contributed by atoms with Crippen LogP contribution in [0.1, 0.15) is 24.8 Å². The summed E-state index contributed by atoms with van der Waals surface area (Å²) in [5.41, 5.74) is 4.69. The van der Waals surface area contributed by atoms with E-state index in [0.717, 1.165) is 59.3 Å². The Morgan fingerprint density at radius 2 is 2.19 bits per heavy atom. The summed E-state index contributed by atoms with van der Waals surface area (Å²) in [4.78, 5) is 4.91. The molecule has 1 N–H and O–H groups in total. The molecule has 3 aromatic rings. The fourth-order valence-electron chi connectivity index (χ4n) is 3.60. The van der Waals surface area contributed by atoms with Crippen molar-refractivity contribution in [2.75, 3.05) is 18.5 Å². The molecule has 0 saturated heterocycles. The quantitative estimate of drug-likeness (QED) is 0.771. The highest BCUT2D eigenvalue weighted by atomic mass is 16.5. The number of rotatable bonds is 4. The molecule has 2 aromatic carbocycles. The highest BCUT2D eigenvalue weighted by molar-refractivity contribution is 5.89. The molecule has 130 valence electrons. The Morgan fingerprint density at radius 3 is 3.04 bits per heavy atom. The molecule has 1 aromatic heterocycles. The summed E-state index contributed by atoms with van der Waals surface area (Å²) in [5.74, 6) is 2.62. The van der Waals surface area contributed by atoms with Gasteiger partial charge in [-0.15, -0.1) is 0 Å². The summed E-state index contributed by atoms with van der Waals surface area (Å²) < 4.78 is 8.26. The topological polar surface area (TPSA) is 62.9 Å². The van der Waals surface area contributed by atoms with Gasteiger partial charge in [-0.2, -0.15) is 5.26 Å². The number of nitrogens with zero attached hydrogens (tertiary/aromatic N) is 3. The van der Waals surface area contributed by atoms with E-state index in [1.807, 2.05) is 24.3 Å². The van der Waals surface area contributed by atoms with E-state index in [9.17, 15) is 5.26 Å². The lowest BCUT2D eigenvalue weighted by atomic mass is 10.1. The fourth-order valence-corrected chi connectivity index (χ4v) is 3.60. The van der Waals surface area contributed by atoms with Crippen LogP contribution < -0.4 is 10.1 Å². The average Bonchev–Trinajstić information content (AvgIpc) is 3.46. The van der Waals surface area contributed by atoms with E-state index < -0.39 is 0 Å². The largest absolute Gasteiger partial charge is 0.491 e. The van der Waals surface area contributed by atoms with Crippen LogP contribution in [-0.2, 0) is 6.54 Å². The van der Waals surface area contributed by atoms with Gasteiger partial charge in [-0.1, -0.05) is 12.1 Å². The molecule has 1 fully saturated rings. The van der Waals surface area contributed by atoms with Crippen molar-refractivity contribution in [2.45, 2.75) is 25.8 Å². The maximum Gasteiger partial charge on any atom is 0.147 e. The number of nitriles is 1. The predicted molar refractivity (Wildman–Crippen MR) is 101 cm³/mol. The number of hydrogen-bond donors (Lipinski definition) is 1. The first-order valence-electron chi connectivity index (χ1n) is 9.23. The lowest BCUT2D eigenvalue weighted by molar-refractivity contribution is 0.316. The van der Waals surface area contributed by atoms with Gasteiger partial charge in [0.2, 0.25) is 0 Å². The van der Waals surface area contributed by atoms with Crippen molar-refractivity contribution in [2.24, 2.45) is 5.92 Å². The predicted octanol–water partition coefficient (Wildman–Crippen LogP) is 4.18. The third-order valence-electron chi connectivity index (χ3n) is 5.13. The van der Waals surface area contributed by atoms with E-state index in [0.29, 0.717) is 12.2 Å². The van der Waals surface area contributed by atoms with Crippen LogP contribution >= 0.6 is 0 Å². The number of benzene rings is 2. The fraction of sp³-hybridized carbons (Fsp3) is 0.333.